The summed E-state index contributed by atoms with van der Waals surface area (Å²) in [6.45, 7) is 8.22. The lowest BCUT2D eigenvalue weighted by Gasteiger charge is -2.13. The Kier molecular flexibility index (Phi) is 8.73. The molecule has 0 radical (unpaired) electrons. The summed E-state index contributed by atoms with van der Waals surface area (Å²) in [6.07, 6.45) is 4.22. The van der Waals surface area contributed by atoms with E-state index in [0.717, 1.165) is 12.8 Å². The van der Waals surface area contributed by atoms with E-state index in [4.69, 9.17) is 4.74 Å². The van der Waals surface area contributed by atoms with Crippen molar-refractivity contribution < 1.29 is 14.3 Å². The van der Waals surface area contributed by atoms with E-state index in [1.54, 1.807) is 6.92 Å². The first-order chi connectivity index (χ1) is 8.01. The molecule has 100 valence electrons. The SMILES string of the molecule is CCCCC(C)CC(=O)C(C)CC(=O)OCC. The number of rotatable bonds is 9. The maximum atomic E-state index is 11.8. The van der Waals surface area contributed by atoms with Crippen LogP contribution in [0.25, 0.3) is 0 Å². The molecule has 0 heterocycles. The first kappa shape index (κ1) is 16.1. The van der Waals surface area contributed by atoms with E-state index in [1.165, 1.54) is 6.42 Å². The zero-order chi connectivity index (χ0) is 13.3. The second-order valence-electron chi connectivity index (χ2n) is 4.83. The molecule has 0 rings (SSSR count). The van der Waals surface area contributed by atoms with E-state index in [9.17, 15) is 9.59 Å². The molecule has 2 unspecified atom stereocenters. The van der Waals surface area contributed by atoms with Gasteiger partial charge in [-0.15, -0.1) is 0 Å². The Morgan fingerprint density at radius 3 is 2.29 bits per heavy atom. The number of unbranched alkanes of at least 4 members (excludes halogenated alkanes) is 1. The van der Waals surface area contributed by atoms with Crippen molar-refractivity contribution in [1.82, 2.24) is 0 Å². The molecule has 0 amide bonds. The van der Waals surface area contributed by atoms with Gasteiger partial charge in [-0.3, -0.25) is 9.59 Å². The van der Waals surface area contributed by atoms with Crippen molar-refractivity contribution in [2.75, 3.05) is 6.61 Å². The highest BCUT2D eigenvalue weighted by atomic mass is 16.5. The largest absolute Gasteiger partial charge is 0.466 e. The molecule has 0 saturated heterocycles. The van der Waals surface area contributed by atoms with Gasteiger partial charge in [-0.2, -0.15) is 0 Å². The van der Waals surface area contributed by atoms with Crippen LogP contribution in [-0.2, 0) is 14.3 Å². The number of carbonyl (C=O) groups excluding carboxylic acids is 2. The lowest BCUT2D eigenvalue weighted by Crippen LogP contribution is -2.19. The van der Waals surface area contributed by atoms with Gasteiger partial charge < -0.3 is 4.74 Å². The van der Waals surface area contributed by atoms with Crippen LogP contribution in [0.4, 0.5) is 0 Å². The third kappa shape index (κ3) is 7.94. The molecule has 0 spiro atoms. The minimum Gasteiger partial charge on any atom is -0.466 e. The minimum atomic E-state index is -0.269. The van der Waals surface area contributed by atoms with Crippen molar-refractivity contribution in [3.63, 3.8) is 0 Å². The van der Waals surface area contributed by atoms with Gasteiger partial charge in [0.25, 0.3) is 0 Å². The van der Waals surface area contributed by atoms with Crippen molar-refractivity contribution in [2.24, 2.45) is 11.8 Å². The number of ketones is 1. The van der Waals surface area contributed by atoms with Crippen LogP contribution >= 0.6 is 0 Å². The summed E-state index contributed by atoms with van der Waals surface area (Å²) >= 11 is 0. The third-order valence-corrected chi connectivity index (χ3v) is 2.93. The molecular formula is C14H26O3. The topological polar surface area (TPSA) is 43.4 Å². The predicted molar refractivity (Wildman–Crippen MR) is 68.7 cm³/mol. The average Bonchev–Trinajstić information content (AvgIpc) is 2.26. The fourth-order valence-corrected chi connectivity index (χ4v) is 1.78. The van der Waals surface area contributed by atoms with Crippen LogP contribution in [0, 0.1) is 11.8 Å². The average molecular weight is 242 g/mol. The summed E-state index contributed by atoms with van der Waals surface area (Å²) < 4.78 is 4.84. The van der Waals surface area contributed by atoms with Crippen LogP contribution < -0.4 is 0 Å². The summed E-state index contributed by atoms with van der Waals surface area (Å²) in [5, 5.41) is 0. The highest BCUT2D eigenvalue weighted by Gasteiger charge is 2.19. The summed E-state index contributed by atoms with van der Waals surface area (Å²) in [4.78, 5) is 23.1. The first-order valence-corrected chi connectivity index (χ1v) is 6.69. The standard InChI is InChI=1S/C14H26O3/c1-5-7-8-11(3)9-13(15)12(4)10-14(16)17-6-2/h11-12H,5-10H2,1-4H3. The predicted octanol–water partition coefficient (Wildman–Crippen LogP) is 3.36. The molecule has 0 saturated carbocycles. The number of hydrogen-bond acceptors (Lipinski definition) is 3. The number of esters is 1. The summed E-state index contributed by atoms with van der Waals surface area (Å²) in [5.41, 5.74) is 0. The smallest absolute Gasteiger partial charge is 0.306 e. The van der Waals surface area contributed by atoms with Gasteiger partial charge in [-0.05, 0) is 12.8 Å². The number of hydrogen-bond donors (Lipinski definition) is 0. The molecule has 0 aromatic carbocycles. The molecular weight excluding hydrogens is 216 g/mol. The first-order valence-electron chi connectivity index (χ1n) is 6.69. The minimum absolute atomic E-state index is 0.182. The number of Topliss-reactive ketones (excluding diaryl/α,β-unsaturated/α-hetero) is 1. The highest BCUT2D eigenvalue weighted by molar-refractivity contribution is 5.85. The van der Waals surface area contributed by atoms with Crippen LogP contribution in [-0.4, -0.2) is 18.4 Å². The fraction of sp³-hybridized carbons (Fsp3) is 0.857. The Hall–Kier alpha value is -0.860. The maximum absolute atomic E-state index is 11.8. The zero-order valence-electron chi connectivity index (χ0n) is 11.6. The molecule has 3 nitrogen and oxygen atoms in total. The van der Waals surface area contributed by atoms with Gasteiger partial charge in [0.2, 0.25) is 0 Å². The maximum Gasteiger partial charge on any atom is 0.306 e. The van der Waals surface area contributed by atoms with Gasteiger partial charge in [-0.25, -0.2) is 0 Å². The molecule has 0 aliphatic carbocycles. The monoisotopic (exact) mass is 242 g/mol. The van der Waals surface area contributed by atoms with E-state index in [0.29, 0.717) is 18.9 Å². The molecule has 17 heavy (non-hydrogen) atoms. The van der Waals surface area contributed by atoms with E-state index in [2.05, 4.69) is 13.8 Å². The molecule has 0 fully saturated rings. The number of carbonyl (C=O) groups is 2. The van der Waals surface area contributed by atoms with Crippen LogP contribution in [0.2, 0.25) is 0 Å². The Morgan fingerprint density at radius 1 is 1.12 bits per heavy atom. The molecule has 0 aromatic heterocycles. The van der Waals surface area contributed by atoms with Crippen LogP contribution in [0.5, 0.6) is 0 Å². The Labute approximate surface area is 105 Å². The van der Waals surface area contributed by atoms with Crippen molar-refractivity contribution in [2.45, 2.75) is 59.8 Å². The van der Waals surface area contributed by atoms with Crippen molar-refractivity contribution >= 4 is 11.8 Å². The summed E-state index contributed by atoms with van der Waals surface area (Å²) in [7, 11) is 0. The number of ether oxygens (including phenoxy) is 1. The molecule has 2 atom stereocenters. The lowest BCUT2D eigenvalue weighted by molar-refractivity contribution is -0.146. The van der Waals surface area contributed by atoms with Gasteiger partial charge >= 0.3 is 5.97 Å². The Bertz CT molecular complexity index is 236. The summed E-state index contributed by atoms with van der Waals surface area (Å²) in [6, 6.07) is 0. The molecule has 0 aromatic rings. The van der Waals surface area contributed by atoms with E-state index >= 15 is 0 Å². The second-order valence-corrected chi connectivity index (χ2v) is 4.83. The Balaban J connectivity index is 3.92. The molecule has 3 heteroatoms. The van der Waals surface area contributed by atoms with Gasteiger partial charge in [0.05, 0.1) is 13.0 Å². The van der Waals surface area contributed by atoms with Crippen LogP contribution in [0.1, 0.15) is 59.8 Å². The van der Waals surface area contributed by atoms with Crippen LogP contribution in [0.15, 0.2) is 0 Å². The zero-order valence-corrected chi connectivity index (χ0v) is 11.6. The van der Waals surface area contributed by atoms with Crippen molar-refractivity contribution in [3.8, 4) is 0 Å². The summed E-state index contributed by atoms with van der Waals surface area (Å²) in [5.74, 6) is 0.126. The van der Waals surface area contributed by atoms with Crippen molar-refractivity contribution in [1.29, 1.82) is 0 Å². The Morgan fingerprint density at radius 2 is 1.76 bits per heavy atom. The van der Waals surface area contributed by atoms with Crippen molar-refractivity contribution in [3.05, 3.63) is 0 Å². The second kappa shape index (κ2) is 9.20. The molecule has 0 N–H and O–H groups in total. The van der Waals surface area contributed by atoms with E-state index in [1.807, 2.05) is 6.92 Å². The molecule has 0 aliphatic rings. The van der Waals surface area contributed by atoms with E-state index < -0.39 is 0 Å². The normalized spacial score (nSPS) is 14.1. The fourth-order valence-electron chi connectivity index (χ4n) is 1.78. The lowest BCUT2D eigenvalue weighted by atomic mass is 9.91. The molecule has 0 bridgehead atoms. The van der Waals surface area contributed by atoms with Gasteiger partial charge in [0, 0.05) is 12.3 Å². The highest BCUT2D eigenvalue weighted by Crippen LogP contribution is 2.16. The van der Waals surface area contributed by atoms with Gasteiger partial charge in [-0.1, -0.05) is 40.0 Å². The third-order valence-electron chi connectivity index (χ3n) is 2.93. The van der Waals surface area contributed by atoms with E-state index in [-0.39, 0.29) is 24.1 Å². The van der Waals surface area contributed by atoms with Gasteiger partial charge in [0.1, 0.15) is 5.78 Å². The quantitative estimate of drug-likeness (QED) is 0.582. The van der Waals surface area contributed by atoms with Gasteiger partial charge in [0.15, 0.2) is 0 Å². The molecule has 0 aliphatic heterocycles. The van der Waals surface area contributed by atoms with Crippen LogP contribution in [0.3, 0.4) is 0 Å².